The van der Waals surface area contributed by atoms with E-state index < -0.39 is 0 Å². The van der Waals surface area contributed by atoms with Gasteiger partial charge in [0.25, 0.3) is 0 Å². The second-order valence-corrected chi connectivity index (χ2v) is 14.5. The van der Waals surface area contributed by atoms with Gasteiger partial charge >= 0.3 is 0 Å². The molecule has 0 saturated carbocycles. The first-order chi connectivity index (χ1) is 27.7. The summed E-state index contributed by atoms with van der Waals surface area (Å²) in [5, 5.41) is 9.43. The smallest absolute Gasteiger partial charge is 0.160 e. The van der Waals surface area contributed by atoms with Crippen LogP contribution in [0.4, 0.5) is 0 Å². The second-order valence-electron chi connectivity index (χ2n) is 14.5. The highest BCUT2D eigenvalue weighted by Gasteiger charge is 2.21. The molecule has 10 aromatic rings. The van der Waals surface area contributed by atoms with Crippen LogP contribution < -0.4 is 0 Å². The molecule has 56 heavy (non-hydrogen) atoms. The van der Waals surface area contributed by atoms with Crippen LogP contribution in [0.2, 0.25) is 0 Å². The average Bonchev–Trinajstić information content (AvgIpc) is 3.52. The third-order valence-corrected chi connectivity index (χ3v) is 11.1. The number of hydrogen-bond acceptors (Lipinski definition) is 3. The molecule has 1 aliphatic rings. The topological polar surface area (TPSA) is 37.9 Å². The molecule has 0 unspecified atom stereocenters. The highest BCUT2D eigenvalue weighted by atomic mass is 16.3. The zero-order valence-corrected chi connectivity index (χ0v) is 30.5. The van der Waals surface area contributed by atoms with Crippen LogP contribution in [0.3, 0.4) is 0 Å². The predicted octanol–water partition coefficient (Wildman–Crippen LogP) is 14.1. The van der Waals surface area contributed by atoms with Crippen molar-refractivity contribution in [2.45, 2.75) is 6.42 Å². The van der Waals surface area contributed by atoms with Gasteiger partial charge in [-0.25, -0.2) is 9.98 Å². The first kappa shape index (κ1) is 32.1. The van der Waals surface area contributed by atoms with Crippen LogP contribution in [-0.2, 0) is 0 Å². The number of rotatable bonds is 5. The fraction of sp³-hybridized carbons (Fsp3) is 0.0189. The summed E-state index contributed by atoms with van der Waals surface area (Å²) in [4.78, 5) is 10.8. The van der Waals surface area contributed by atoms with Crippen molar-refractivity contribution in [3.8, 4) is 22.3 Å². The molecule has 0 fully saturated rings. The third kappa shape index (κ3) is 5.52. The number of benzene rings is 9. The van der Waals surface area contributed by atoms with Gasteiger partial charge < -0.3 is 4.42 Å². The number of hydrogen-bond donors (Lipinski definition) is 0. The molecule has 11 rings (SSSR count). The Morgan fingerprint density at radius 1 is 0.375 bits per heavy atom. The van der Waals surface area contributed by atoms with E-state index in [-0.39, 0.29) is 0 Å². The van der Waals surface area contributed by atoms with E-state index in [4.69, 9.17) is 14.4 Å². The average molecular weight is 715 g/mol. The summed E-state index contributed by atoms with van der Waals surface area (Å²) in [5.41, 5.74) is 11.3. The van der Waals surface area contributed by atoms with Crippen LogP contribution in [0, 0.1) is 0 Å². The minimum atomic E-state index is 0.622. The molecule has 1 aliphatic heterocycles. The highest BCUT2D eigenvalue weighted by molar-refractivity contribution is 6.20. The molecule has 2 heterocycles. The Hall–Kier alpha value is -7.36. The molecule has 9 aromatic carbocycles. The molecule has 1 aromatic heterocycles. The maximum absolute atomic E-state index is 6.63. The Balaban J connectivity index is 1.09. The first-order valence-electron chi connectivity index (χ1n) is 19.1. The lowest BCUT2D eigenvalue weighted by molar-refractivity contribution is 0.669. The van der Waals surface area contributed by atoms with Crippen LogP contribution in [0.25, 0.3) is 82.2 Å². The summed E-state index contributed by atoms with van der Waals surface area (Å²) in [6.45, 7) is 0. The number of aliphatic imine (C=N–C) groups is 2. The zero-order valence-electron chi connectivity index (χ0n) is 30.5. The molecule has 0 bridgehead atoms. The van der Waals surface area contributed by atoms with Crippen LogP contribution >= 0.6 is 0 Å². The minimum Gasteiger partial charge on any atom is -0.456 e. The fourth-order valence-corrected chi connectivity index (χ4v) is 8.34. The molecule has 0 amide bonds. The van der Waals surface area contributed by atoms with E-state index in [0.717, 1.165) is 66.6 Å². The number of nitrogens with zero attached hydrogens (tertiary/aromatic N) is 2. The highest BCUT2D eigenvalue weighted by Crippen LogP contribution is 2.42. The molecule has 0 radical (unpaired) electrons. The van der Waals surface area contributed by atoms with Gasteiger partial charge in [0.15, 0.2) is 5.84 Å². The van der Waals surface area contributed by atoms with Gasteiger partial charge in [-0.15, -0.1) is 0 Å². The van der Waals surface area contributed by atoms with Gasteiger partial charge in [-0.1, -0.05) is 170 Å². The summed E-state index contributed by atoms with van der Waals surface area (Å²) in [6.07, 6.45) is 2.85. The molecule has 3 nitrogen and oxygen atoms in total. The number of allylic oxidation sites excluding steroid dienone is 1. The van der Waals surface area contributed by atoms with Gasteiger partial charge in [-0.2, -0.15) is 0 Å². The number of furan rings is 1. The minimum absolute atomic E-state index is 0.622. The molecule has 0 N–H and O–H groups in total. The van der Waals surface area contributed by atoms with Gasteiger partial charge in [0, 0.05) is 28.3 Å². The largest absolute Gasteiger partial charge is 0.456 e. The van der Waals surface area contributed by atoms with E-state index in [9.17, 15) is 0 Å². The SMILES string of the molecule is C1=C(c2cccc3oc4cccc(-c5ccc6ccc7ccccc7c6c5)c4c23)N=C(c2ccc3ccccc3c2)N=C(c2ccc(-c3ccccc3)cc2)C1. The molecular formula is C53H34N2O. The molecule has 0 aliphatic carbocycles. The standard InChI is InChI=1S/C53H34N2O/c1-2-10-34(11-3-1)36-20-26-39(27-21-36)47-30-31-48(55-53(54-47)42-29-22-35-12-4-5-14-40(35)32-42)45-17-9-19-50-52(45)51-44(16-8-18-49(51)56-50)41-28-25-38-24-23-37-13-6-7-15-43(37)46(38)33-41/h1-29,31-33H,30H2. The van der Waals surface area contributed by atoms with Gasteiger partial charge in [0.2, 0.25) is 0 Å². The van der Waals surface area contributed by atoms with E-state index in [2.05, 4.69) is 188 Å². The lowest BCUT2D eigenvalue weighted by Crippen LogP contribution is -2.05. The Kier molecular flexibility index (Phi) is 7.56. The van der Waals surface area contributed by atoms with Gasteiger partial charge in [-0.05, 0) is 84.4 Å². The van der Waals surface area contributed by atoms with E-state index >= 15 is 0 Å². The van der Waals surface area contributed by atoms with E-state index in [1.165, 1.54) is 38.1 Å². The van der Waals surface area contributed by atoms with Crippen LogP contribution in [0.1, 0.15) is 23.1 Å². The summed E-state index contributed by atoms with van der Waals surface area (Å²) < 4.78 is 6.63. The fourth-order valence-electron chi connectivity index (χ4n) is 8.34. The Morgan fingerprint density at radius 3 is 1.79 bits per heavy atom. The Bertz CT molecular complexity index is 3260. The van der Waals surface area contributed by atoms with Gasteiger partial charge in [-0.3, -0.25) is 0 Å². The van der Waals surface area contributed by atoms with Crippen LogP contribution in [0.15, 0.2) is 209 Å². The number of fused-ring (bicyclic) bond motifs is 7. The van der Waals surface area contributed by atoms with E-state index in [1.807, 2.05) is 6.07 Å². The van der Waals surface area contributed by atoms with Crippen molar-refractivity contribution in [3.63, 3.8) is 0 Å². The summed E-state index contributed by atoms with van der Waals surface area (Å²) in [6, 6.07) is 66.7. The summed E-state index contributed by atoms with van der Waals surface area (Å²) in [7, 11) is 0. The Labute approximate surface area is 324 Å². The van der Waals surface area contributed by atoms with Crippen molar-refractivity contribution < 1.29 is 4.42 Å². The maximum atomic E-state index is 6.63. The zero-order chi connectivity index (χ0) is 37.0. The molecule has 262 valence electrons. The molecular weight excluding hydrogens is 681 g/mol. The lowest BCUT2D eigenvalue weighted by Gasteiger charge is -2.10. The first-order valence-corrected chi connectivity index (χ1v) is 19.1. The van der Waals surface area contributed by atoms with Crippen molar-refractivity contribution in [1.82, 2.24) is 0 Å². The summed E-state index contributed by atoms with van der Waals surface area (Å²) in [5.74, 6) is 0.688. The molecule has 0 saturated heterocycles. The Morgan fingerprint density at radius 2 is 0.964 bits per heavy atom. The van der Waals surface area contributed by atoms with Crippen molar-refractivity contribution in [1.29, 1.82) is 0 Å². The van der Waals surface area contributed by atoms with Crippen LogP contribution in [-0.4, -0.2) is 11.5 Å². The second kappa shape index (κ2) is 13.2. The van der Waals surface area contributed by atoms with Gasteiger partial charge in [0.1, 0.15) is 11.2 Å². The van der Waals surface area contributed by atoms with Crippen molar-refractivity contribution >= 4 is 71.5 Å². The number of amidine groups is 1. The predicted molar refractivity (Wildman–Crippen MR) is 236 cm³/mol. The maximum Gasteiger partial charge on any atom is 0.160 e. The van der Waals surface area contributed by atoms with Crippen molar-refractivity contribution in [2.24, 2.45) is 9.98 Å². The van der Waals surface area contributed by atoms with Gasteiger partial charge in [0.05, 0.1) is 11.4 Å². The lowest BCUT2D eigenvalue weighted by atomic mass is 9.93. The van der Waals surface area contributed by atoms with E-state index in [0.29, 0.717) is 12.3 Å². The normalized spacial score (nSPS) is 13.2. The van der Waals surface area contributed by atoms with Crippen molar-refractivity contribution in [2.75, 3.05) is 0 Å². The quantitative estimate of drug-likeness (QED) is 0.164. The monoisotopic (exact) mass is 714 g/mol. The molecule has 3 heteroatoms. The van der Waals surface area contributed by atoms with Crippen LogP contribution in [0.5, 0.6) is 0 Å². The summed E-state index contributed by atoms with van der Waals surface area (Å²) >= 11 is 0. The van der Waals surface area contributed by atoms with Crippen molar-refractivity contribution in [3.05, 3.63) is 211 Å². The molecule has 0 spiro atoms. The van der Waals surface area contributed by atoms with E-state index in [1.54, 1.807) is 0 Å². The molecule has 0 atom stereocenters. The third-order valence-electron chi connectivity index (χ3n) is 11.1.